The third-order valence-electron chi connectivity index (χ3n) is 9.47. The summed E-state index contributed by atoms with van der Waals surface area (Å²) in [6.07, 6.45) is 57.5. The van der Waals surface area contributed by atoms with Crippen LogP contribution in [0.5, 0.6) is 0 Å². The smallest absolute Gasteiger partial charge is 0.220 e. The molecule has 0 bridgehead atoms. The van der Waals surface area contributed by atoms with Gasteiger partial charge in [0, 0.05) is 6.42 Å². The minimum absolute atomic E-state index is 0.0882. The monoisotopic (exact) mass is 698 g/mol. The van der Waals surface area contributed by atoms with Crippen molar-refractivity contribution in [1.29, 1.82) is 0 Å². The number of aliphatic hydroxyl groups is 2. The Labute approximate surface area is 311 Å². The van der Waals surface area contributed by atoms with Crippen LogP contribution in [0.25, 0.3) is 0 Å². The summed E-state index contributed by atoms with van der Waals surface area (Å²) in [6.45, 7) is 4.26. The molecular weight excluding hydrogens is 615 g/mol. The van der Waals surface area contributed by atoms with Crippen molar-refractivity contribution in [2.45, 2.75) is 219 Å². The molecule has 2 atom stereocenters. The number of unbranched alkanes of at least 4 members (excludes halogenated alkanes) is 23. The van der Waals surface area contributed by atoms with Crippen LogP contribution in [0.1, 0.15) is 206 Å². The van der Waals surface area contributed by atoms with Crippen LogP contribution >= 0.6 is 0 Å². The zero-order valence-electron chi connectivity index (χ0n) is 33.2. The highest BCUT2D eigenvalue weighted by atomic mass is 16.3. The molecule has 0 heterocycles. The summed E-state index contributed by atoms with van der Waals surface area (Å²) in [6, 6.07) is -0.648. The molecule has 4 heteroatoms. The maximum absolute atomic E-state index is 12.4. The quantitative estimate of drug-likeness (QED) is 0.0444. The predicted molar refractivity (Wildman–Crippen MR) is 221 cm³/mol. The van der Waals surface area contributed by atoms with Crippen molar-refractivity contribution in [2.24, 2.45) is 0 Å². The van der Waals surface area contributed by atoms with Crippen molar-refractivity contribution in [1.82, 2.24) is 5.32 Å². The van der Waals surface area contributed by atoms with Crippen LogP contribution in [0.15, 0.2) is 60.8 Å². The number of carbonyl (C=O) groups excluding carboxylic acids is 1. The molecule has 3 N–H and O–H groups in total. The third kappa shape index (κ3) is 37.3. The normalized spacial score (nSPS) is 13.6. The first kappa shape index (κ1) is 48.1. The van der Waals surface area contributed by atoms with Gasteiger partial charge in [0.15, 0.2) is 0 Å². The fraction of sp³-hybridized carbons (Fsp3) is 0.761. The molecule has 4 nitrogen and oxygen atoms in total. The van der Waals surface area contributed by atoms with Gasteiger partial charge in [0.2, 0.25) is 5.91 Å². The molecule has 0 aromatic rings. The van der Waals surface area contributed by atoms with Gasteiger partial charge in [0.05, 0.1) is 18.8 Å². The maximum Gasteiger partial charge on any atom is 0.220 e. The lowest BCUT2D eigenvalue weighted by Crippen LogP contribution is -2.45. The first-order valence-electron chi connectivity index (χ1n) is 21.5. The molecule has 0 aromatic heterocycles. The number of rotatable bonds is 38. The Morgan fingerprint density at radius 2 is 0.840 bits per heavy atom. The number of hydrogen-bond donors (Lipinski definition) is 3. The average Bonchev–Trinajstić information content (AvgIpc) is 3.12. The molecule has 0 aromatic carbocycles. The van der Waals surface area contributed by atoms with Crippen molar-refractivity contribution in [3.8, 4) is 0 Å². The zero-order chi connectivity index (χ0) is 36.4. The van der Waals surface area contributed by atoms with Crippen molar-refractivity contribution < 1.29 is 15.0 Å². The summed E-state index contributed by atoms with van der Waals surface area (Å²) in [7, 11) is 0. The van der Waals surface area contributed by atoms with Gasteiger partial charge in [0.1, 0.15) is 0 Å². The van der Waals surface area contributed by atoms with E-state index in [1.54, 1.807) is 6.08 Å². The average molecular weight is 698 g/mol. The summed E-state index contributed by atoms with van der Waals surface area (Å²) < 4.78 is 0. The van der Waals surface area contributed by atoms with E-state index < -0.39 is 12.1 Å². The fourth-order valence-electron chi connectivity index (χ4n) is 6.14. The lowest BCUT2D eigenvalue weighted by atomic mass is 10.0. The van der Waals surface area contributed by atoms with Gasteiger partial charge in [-0.25, -0.2) is 0 Å². The molecule has 290 valence electrons. The van der Waals surface area contributed by atoms with Gasteiger partial charge in [-0.1, -0.05) is 190 Å². The highest BCUT2D eigenvalue weighted by molar-refractivity contribution is 5.76. The number of allylic oxidation sites excluding steroid dienone is 9. The Morgan fingerprint density at radius 3 is 1.34 bits per heavy atom. The summed E-state index contributed by atoms with van der Waals surface area (Å²) in [5.41, 5.74) is 0. The molecule has 2 unspecified atom stereocenters. The lowest BCUT2D eigenvalue weighted by Gasteiger charge is -2.19. The van der Waals surface area contributed by atoms with Gasteiger partial charge in [-0.05, 0) is 70.6 Å². The van der Waals surface area contributed by atoms with Crippen LogP contribution in [-0.4, -0.2) is 34.9 Å². The second kappa shape index (κ2) is 41.5. The molecule has 1 amide bonds. The topological polar surface area (TPSA) is 69.6 Å². The molecule has 0 rings (SSSR count). The van der Waals surface area contributed by atoms with E-state index in [2.05, 4.69) is 67.8 Å². The molecule has 0 aliphatic rings. The van der Waals surface area contributed by atoms with Crippen LogP contribution in [0.4, 0.5) is 0 Å². The van der Waals surface area contributed by atoms with Gasteiger partial charge in [-0.2, -0.15) is 0 Å². The minimum Gasteiger partial charge on any atom is -0.394 e. The SMILES string of the molecule is CCCCC/C=C\C/C=C\C/C=C\CCCCCCCCC(=O)NC(CO)C(O)/C=C/CC/C=C/CCCCCCCCCCCCCCC. The number of amides is 1. The molecule has 50 heavy (non-hydrogen) atoms. The van der Waals surface area contributed by atoms with E-state index in [-0.39, 0.29) is 12.5 Å². The summed E-state index contributed by atoms with van der Waals surface area (Å²) in [5.74, 6) is -0.0882. The van der Waals surface area contributed by atoms with Crippen molar-refractivity contribution in [3.05, 3.63) is 60.8 Å². The molecule has 0 fully saturated rings. The molecule has 0 aliphatic carbocycles. The van der Waals surface area contributed by atoms with Crippen LogP contribution in [0, 0.1) is 0 Å². The summed E-state index contributed by atoms with van der Waals surface area (Å²) in [4.78, 5) is 12.4. The Morgan fingerprint density at radius 1 is 0.480 bits per heavy atom. The van der Waals surface area contributed by atoms with Crippen LogP contribution in [-0.2, 0) is 4.79 Å². The molecule has 0 radical (unpaired) electrons. The fourth-order valence-corrected chi connectivity index (χ4v) is 6.14. The van der Waals surface area contributed by atoms with E-state index in [0.29, 0.717) is 6.42 Å². The highest BCUT2D eigenvalue weighted by Crippen LogP contribution is 2.14. The minimum atomic E-state index is -0.869. The second-order valence-corrected chi connectivity index (χ2v) is 14.4. The second-order valence-electron chi connectivity index (χ2n) is 14.4. The molecule has 0 spiro atoms. The molecule has 0 saturated heterocycles. The van der Waals surface area contributed by atoms with E-state index in [1.165, 1.54) is 128 Å². The van der Waals surface area contributed by atoms with Crippen molar-refractivity contribution >= 4 is 5.91 Å². The Balaban J connectivity index is 3.67. The van der Waals surface area contributed by atoms with Gasteiger partial charge in [-0.3, -0.25) is 4.79 Å². The summed E-state index contributed by atoms with van der Waals surface area (Å²) in [5, 5.41) is 23.0. The Hall–Kier alpha value is -1.91. The van der Waals surface area contributed by atoms with E-state index in [1.807, 2.05) is 6.08 Å². The van der Waals surface area contributed by atoms with Gasteiger partial charge in [0.25, 0.3) is 0 Å². The van der Waals surface area contributed by atoms with Gasteiger partial charge >= 0.3 is 0 Å². The largest absolute Gasteiger partial charge is 0.394 e. The standard InChI is InChI=1S/C46H83NO3/c1-3-5-7-9-11-13-15-17-19-21-23-25-27-29-31-33-35-37-39-41-45(49)44(43-48)47-46(50)42-40-38-36-34-32-30-28-26-24-22-20-18-16-14-12-10-8-6-4-2/h12,14,18,20,24,26,31,33,39,41,44-45,48-49H,3-11,13,15-17,19,21-23,25,27-30,32,34-38,40,42-43H2,1-2H3,(H,47,50)/b14-12-,20-18-,26-24-,33-31+,41-39+. The molecule has 0 aliphatic heterocycles. The van der Waals surface area contributed by atoms with E-state index in [0.717, 1.165) is 57.8 Å². The first-order valence-corrected chi connectivity index (χ1v) is 21.5. The van der Waals surface area contributed by atoms with E-state index in [9.17, 15) is 15.0 Å². The van der Waals surface area contributed by atoms with Crippen LogP contribution in [0.2, 0.25) is 0 Å². The number of hydrogen-bond acceptors (Lipinski definition) is 3. The Kier molecular flexibility index (Phi) is 39.9. The van der Waals surface area contributed by atoms with Crippen molar-refractivity contribution in [2.75, 3.05) is 6.61 Å². The maximum atomic E-state index is 12.4. The first-order chi connectivity index (χ1) is 24.7. The van der Waals surface area contributed by atoms with Gasteiger partial charge < -0.3 is 15.5 Å². The number of aliphatic hydroxyl groups excluding tert-OH is 2. The van der Waals surface area contributed by atoms with Gasteiger partial charge in [-0.15, -0.1) is 0 Å². The zero-order valence-corrected chi connectivity index (χ0v) is 33.2. The molecule has 0 saturated carbocycles. The summed E-state index contributed by atoms with van der Waals surface area (Å²) >= 11 is 0. The predicted octanol–water partition coefficient (Wildman–Crippen LogP) is 13.3. The van der Waals surface area contributed by atoms with E-state index in [4.69, 9.17) is 0 Å². The van der Waals surface area contributed by atoms with Crippen LogP contribution in [0.3, 0.4) is 0 Å². The van der Waals surface area contributed by atoms with Crippen LogP contribution < -0.4 is 5.32 Å². The van der Waals surface area contributed by atoms with E-state index >= 15 is 0 Å². The molecular formula is C46H83NO3. The third-order valence-corrected chi connectivity index (χ3v) is 9.47. The highest BCUT2D eigenvalue weighted by Gasteiger charge is 2.17. The number of nitrogens with one attached hydrogen (secondary N) is 1. The van der Waals surface area contributed by atoms with Crippen molar-refractivity contribution in [3.63, 3.8) is 0 Å². The lowest BCUT2D eigenvalue weighted by molar-refractivity contribution is -0.123. The Bertz CT molecular complexity index is 842. The number of carbonyl (C=O) groups is 1.